The van der Waals surface area contributed by atoms with Crippen LogP contribution in [0.1, 0.15) is 22.8 Å². The molecule has 19 heavy (non-hydrogen) atoms. The van der Waals surface area contributed by atoms with Crippen molar-refractivity contribution < 1.29 is 13.9 Å². The molecule has 1 aliphatic rings. The summed E-state index contributed by atoms with van der Waals surface area (Å²) in [6.07, 6.45) is 0.0155. The van der Waals surface area contributed by atoms with Gasteiger partial charge in [-0.1, -0.05) is 15.9 Å². The molecule has 0 radical (unpaired) electrons. The molecule has 1 saturated heterocycles. The van der Waals surface area contributed by atoms with E-state index in [0.717, 1.165) is 0 Å². The summed E-state index contributed by atoms with van der Waals surface area (Å²) in [7, 11) is 0. The van der Waals surface area contributed by atoms with Gasteiger partial charge in [0.15, 0.2) is 0 Å². The molecular formula is C14H17BrFNO2. The average Bonchev–Trinajstić information content (AvgIpc) is 2.41. The van der Waals surface area contributed by atoms with Gasteiger partial charge in [0, 0.05) is 17.4 Å². The Kier molecular flexibility index (Phi) is 4.58. The summed E-state index contributed by atoms with van der Waals surface area (Å²) in [5.74, 6) is -0.352. The highest BCUT2D eigenvalue weighted by atomic mass is 79.9. The maximum absolute atomic E-state index is 13.2. The molecule has 0 spiro atoms. The summed E-state index contributed by atoms with van der Waals surface area (Å²) >= 11 is 3.37. The first-order valence-corrected chi connectivity index (χ1v) is 7.39. The van der Waals surface area contributed by atoms with Gasteiger partial charge in [-0.15, -0.1) is 0 Å². The van der Waals surface area contributed by atoms with E-state index in [1.165, 1.54) is 12.1 Å². The van der Waals surface area contributed by atoms with Crippen molar-refractivity contribution in [1.82, 2.24) is 4.90 Å². The third-order valence-electron chi connectivity index (χ3n) is 3.34. The molecule has 0 saturated carbocycles. The lowest BCUT2D eigenvalue weighted by Gasteiger charge is -2.37. The number of benzene rings is 1. The standard InChI is InChI=1S/C14H17BrFNO2/c1-9-5-11(3-4-13(9)16)14(18)17-7-12(6-15)19-8-10(17)2/h3-5,10,12H,6-8H2,1-2H3. The Morgan fingerprint density at radius 1 is 1.58 bits per heavy atom. The number of rotatable bonds is 2. The van der Waals surface area contributed by atoms with Crippen LogP contribution in [0.2, 0.25) is 0 Å². The Balaban J connectivity index is 2.19. The number of carbonyl (C=O) groups excluding carboxylic acids is 1. The monoisotopic (exact) mass is 329 g/mol. The summed E-state index contributed by atoms with van der Waals surface area (Å²) < 4.78 is 18.8. The molecule has 1 fully saturated rings. The summed E-state index contributed by atoms with van der Waals surface area (Å²) in [6, 6.07) is 4.52. The molecule has 0 aromatic heterocycles. The fraction of sp³-hybridized carbons (Fsp3) is 0.500. The number of aryl methyl sites for hydroxylation is 1. The van der Waals surface area contributed by atoms with Gasteiger partial charge in [0.1, 0.15) is 5.82 Å². The number of morpholine rings is 1. The molecule has 0 bridgehead atoms. The quantitative estimate of drug-likeness (QED) is 0.781. The van der Waals surface area contributed by atoms with E-state index in [-0.39, 0.29) is 23.9 Å². The highest BCUT2D eigenvalue weighted by Crippen LogP contribution is 2.18. The summed E-state index contributed by atoms with van der Waals surface area (Å²) in [5.41, 5.74) is 1.02. The van der Waals surface area contributed by atoms with Crippen molar-refractivity contribution in [3.63, 3.8) is 0 Å². The molecule has 2 atom stereocenters. The number of halogens is 2. The molecule has 1 amide bonds. The zero-order valence-corrected chi connectivity index (χ0v) is 12.6. The SMILES string of the molecule is Cc1cc(C(=O)N2CC(CBr)OCC2C)ccc1F. The number of carbonyl (C=O) groups is 1. The number of hydrogen-bond donors (Lipinski definition) is 0. The van der Waals surface area contributed by atoms with Gasteiger partial charge >= 0.3 is 0 Å². The van der Waals surface area contributed by atoms with Crippen molar-refractivity contribution in [2.24, 2.45) is 0 Å². The minimum absolute atomic E-state index is 0.0155. The Hall–Kier alpha value is -0.940. The van der Waals surface area contributed by atoms with Gasteiger partial charge in [-0.3, -0.25) is 4.79 Å². The van der Waals surface area contributed by atoms with Crippen molar-refractivity contribution >= 4 is 21.8 Å². The molecule has 1 aromatic rings. The Morgan fingerprint density at radius 3 is 2.95 bits per heavy atom. The van der Waals surface area contributed by atoms with Crippen molar-refractivity contribution in [3.8, 4) is 0 Å². The lowest BCUT2D eigenvalue weighted by Crippen LogP contribution is -2.51. The minimum atomic E-state index is -0.287. The van der Waals surface area contributed by atoms with E-state index in [2.05, 4.69) is 15.9 Å². The van der Waals surface area contributed by atoms with Crippen LogP contribution in [0.25, 0.3) is 0 Å². The Labute approximate surface area is 120 Å². The number of alkyl halides is 1. The summed E-state index contributed by atoms with van der Waals surface area (Å²) in [5, 5.41) is 0.700. The predicted octanol–water partition coefficient (Wildman–Crippen LogP) is 2.76. The first-order chi connectivity index (χ1) is 9.02. The highest BCUT2D eigenvalue weighted by molar-refractivity contribution is 9.09. The van der Waals surface area contributed by atoms with Crippen molar-refractivity contribution in [2.75, 3.05) is 18.5 Å². The van der Waals surface area contributed by atoms with E-state index in [9.17, 15) is 9.18 Å². The smallest absolute Gasteiger partial charge is 0.254 e. The second-order valence-electron chi connectivity index (χ2n) is 4.88. The Morgan fingerprint density at radius 2 is 2.32 bits per heavy atom. The highest BCUT2D eigenvalue weighted by Gasteiger charge is 2.29. The molecule has 2 unspecified atom stereocenters. The van der Waals surface area contributed by atoms with E-state index in [1.54, 1.807) is 17.9 Å². The van der Waals surface area contributed by atoms with Gasteiger partial charge in [-0.05, 0) is 37.6 Å². The zero-order chi connectivity index (χ0) is 14.0. The molecule has 1 heterocycles. The number of hydrogen-bond acceptors (Lipinski definition) is 2. The lowest BCUT2D eigenvalue weighted by atomic mass is 10.1. The molecule has 0 aliphatic carbocycles. The first-order valence-electron chi connectivity index (χ1n) is 6.27. The normalized spacial score (nSPS) is 23.5. The van der Waals surface area contributed by atoms with Crippen LogP contribution in [0.4, 0.5) is 4.39 Å². The fourth-order valence-electron chi connectivity index (χ4n) is 2.14. The molecule has 1 aromatic carbocycles. The molecule has 104 valence electrons. The van der Waals surface area contributed by atoms with E-state index in [1.807, 2.05) is 6.92 Å². The van der Waals surface area contributed by atoms with Gasteiger partial charge < -0.3 is 9.64 Å². The maximum Gasteiger partial charge on any atom is 0.254 e. The van der Waals surface area contributed by atoms with Crippen LogP contribution in [0.5, 0.6) is 0 Å². The van der Waals surface area contributed by atoms with Gasteiger partial charge in [0.2, 0.25) is 0 Å². The average molecular weight is 330 g/mol. The predicted molar refractivity (Wildman–Crippen MR) is 75.2 cm³/mol. The van der Waals surface area contributed by atoms with Crippen molar-refractivity contribution in [2.45, 2.75) is 26.0 Å². The van der Waals surface area contributed by atoms with Crippen LogP contribution in [-0.2, 0) is 4.74 Å². The van der Waals surface area contributed by atoms with Crippen LogP contribution < -0.4 is 0 Å². The third-order valence-corrected chi connectivity index (χ3v) is 4.07. The largest absolute Gasteiger partial charge is 0.373 e. The summed E-state index contributed by atoms with van der Waals surface area (Å²) in [6.45, 7) is 4.71. The van der Waals surface area contributed by atoms with Crippen LogP contribution in [-0.4, -0.2) is 41.4 Å². The molecule has 5 heteroatoms. The zero-order valence-electron chi connectivity index (χ0n) is 11.0. The number of amides is 1. The van der Waals surface area contributed by atoms with E-state index in [4.69, 9.17) is 4.74 Å². The number of ether oxygens (including phenoxy) is 1. The number of nitrogens with zero attached hydrogens (tertiary/aromatic N) is 1. The van der Waals surface area contributed by atoms with E-state index in [0.29, 0.717) is 29.6 Å². The van der Waals surface area contributed by atoms with E-state index >= 15 is 0 Å². The van der Waals surface area contributed by atoms with Crippen molar-refractivity contribution in [3.05, 3.63) is 35.1 Å². The molecule has 0 N–H and O–H groups in total. The van der Waals surface area contributed by atoms with Gasteiger partial charge in [-0.25, -0.2) is 4.39 Å². The second kappa shape index (κ2) is 6.01. The van der Waals surface area contributed by atoms with Crippen LogP contribution in [0.3, 0.4) is 0 Å². The minimum Gasteiger partial charge on any atom is -0.373 e. The van der Waals surface area contributed by atoms with Gasteiger partial charge in [-0.2, -0.15) is 0 Å². The lowest BCUT2D eigenvalue weighted by molar-refractivity contribution is -0.0361. The molecular weight excluding hydrogens is 313 g/mol. The van der Waals surface area contributed by atoms with Crippen LogP contribution in [0, 0.1) is 12.7 Å². The molecule has 3 nitrogen and oxygen atoms in total. The van der Waals surface area contributed by atoms with Crippen LogP contribution >= 0.6 is 15.9 Å². The fourth-order valence-corrected chi connectivity index (χ4v) is 2.53. The topological polar surface area (TPSA) is 29.5 Å². The second-order valence-corrected chi connectivity index (χ2v) is 5.53. The maximum atomic E-state index is 13.2. The van der Waals surface area contributed by atoms with Crippen LogP contribution in [0.15, 0.2) is 18.2 Å². The van der Waals surface area contributed by atoms with Gasteiger partial charge in [0.25, 0.3) is 5.91 Å². The molecule has 1 aliphatic heterocycles. The van der Waals surface area contributed by atoms with Crippen molar-refractivity contribution in [1.29, 1.82) is 0 Å². The Bertz CT molecular complexity index is 481. The molecule has 2 rings (SSSR count). The van der Waals surface area contributed by atoms with E-state index < -0.39 is 0 Å². The third kappa shape index (κ3) is 3.15. The van der Waals surface area contributed by atoms with Gasteiger partial charge in [0.05, 0.1) is 18.8 Å². The first kappa shape index (κ1) is 14.5. The summed E-state index contributed by atoms with van der Waals surface area (Å²) in [4.78, 5) is 14.3.